The van der Waals surface area contributed by atoms with Crippen LogP contribution in [0.5, 0.6) is 0 Å². The lowest BCUT2D eigenvalue weighted by atomic mass is 10.0. The number of likely N-dealkylation sites (N-methyl/N-ethyl adjacent to an activating group) is 1. The summed E-state index contributed by atoms with van der Waals surface area (Å²) in [6.45, 7) is 3.50. The second-order valence-electron chi connectivity index (χ2n) is 5.62. The lowest BCUT2D eigenvalue weighted by molar-refractivity contribution is -0.384. The van der Waals surface area contributed by atoms with Crippen LogP contribution in [0.4, 0.5) is 11.4 Å². The van der Waals surface area contributed by atoms with Crippen LogP contribution >= 0.6 is 0 Å². The predicted molar refractivity (Wildman–Crippen MR) is 88.2 cm³/mol. The molecule has 1 fully saturated rings. The third-order valence-electron chi connectivity index (χ3n) is 4.12. The highest BCUT2D eigenvalue weighted by Crippen LogP contribution is 2.33. The summed E-state index contributed by atoms with van der Waals surface area (Å²) in [6.07, 6.45) is 0. The van der Waals surface area contributed by atoms with Gasteiger partial charge in [0.2, 0.25) is 0 Å². The van der Waals surface area contributed by atoms with Crippen molar-refractivity contribution in [1.82, 2.24) is 4.90 Å². The molecule has 0 N–H and O–H groups in total. The van der Waals surface area contributed by atoms with Gasteiger partial charge in [0.05, 0.1) is 4.92 Å². The summed E-state index contributed by atoms with van der Waals surface area (Å²) >= 11 is 0. The third-order valence-corrected chi connectivity index (χ3v) is 4.12. The lowest BCUT2D eigenvalue weighted by Crippen LogP contribution is -2.44. The Kier molecular flexibility index (Phi) is 4.06. The van der Waals surface area contributed by atoms with Gasteiger partial charge in [0.15, 0.2) is 0 Å². The Morgan fingerprint density at radius 3 is 2.27 bits per heavy atom. The maximum Gasteiger partial charge on any atom is 0.293 e. The summed E-state index contributed by atoms with van der Waals surface area (Å²) in [4.78, 5) is 15.5. The van der Waals surface area contributed by atoms with Gasteiger partial charge in [0, 0.05) is 32.2 Å². The van der Waals surface area contributed by atoms with Crippen LogP contribution in [0.2, 0.25) is 0 Å². The SMILES string of the molecule is CN1CCN(c2ccc(-c3ccccc3)cc2[N+](=O)[O-])CC1. The Bertz CT molecular complexity index is 665. The number of nitro groups is 1. The highest BCUT2D eigenvalue weighted by Gasteiger charge is 2.23. The standard InChI is InChI=1S/C17H19N3O2/c1-18-9-11-19(12-10-18)16-8-7-15(13-17(16)20(21)22)14-5-3-2-4-6-14/h2-8,13H,9-12H2,1H3. The zero-order valence-electron chi connectivity index (χ0n) is 12.6. The van der Waals surface area contributed by atoms with Crippen molar-refractivity contribution >= 4 is 11.4 Å². The number of benzene rings is 2. The molecule has 2 aromatic rings. The van der Waals surface area contributed by atoms with Gasteiger partial charge < -0.3 is 9.80 Å². The highest BCUT2D eigenvalue weighted by atomic mass is 16.6. The number of hydrogen-bond donors (Lipinski definition) is 0. The maximum absolute atomic E-state index is 11.5. The molecule has 114 valence electrons. The van der Waals surface area contributed by atoms with E-state index in [-0.39, 0.29) is 10.6 Å². The molecule has 0 amide bonds. The summed E-state index contributed by atoms with van der Waals surface area (Å²) in [5, 5.41) is 11.5. The van der Waals surface area contributed by atoms with Crippen LogP contribution in [-0.4, -0.2) is 43.0 Å². The molecule has 0 aliphatic carbocycles. The lowest BCUT2D eigenvalue weighted by Gasteiger charge is -2.33. The van der Waals surface area contributed by atoms with Gasteiger partial charge in [0.1, 0.15) is 5.69 Å². The topological polar surface area (TPSA) is 49.6 Å². The number of nitrogens with zero attached hydrogens (tertiary/aromatic N) is 3. The van der Waals surface area contributed by atoms with E-state index in [0.717, 1.165) is 43.0 Å². The molecule has 5 heteroatoms. The number of piperazine rings is 1. The zero-order valence-corrected chi connectivity index (χ0v) is 12.6. The molecule has 0 spiro atoms. The third kappa shape index (κ3) is 2.94. The average Bonchev–Trinajstić information content (AvgIpc) is 2.56. The zero-order chi connectivity index (χ0) is 15.5. The fourth-order valence-corrected chi connectivity index (χ4v) is 2.79. The largest absolute Gasteiger partial charge is 0.363 e. The van der Waals surface area contributed by atoms with Crippen LogP contribution in [0, 0.1) is 10.1 Å². The first-order valence-electron chi connectivity index (χ1n) is 7.42. The molecule has 0 saturated carbocycles. The molecule has 1 aliphatic heterocycles. The van der Waals surface area contributed by atoms with Crippen molar-refractivity contribution in [3.63, 3.8) is 0 Å². The van der Waals surface area contributed by atoms with Crippen molar-refractivity contribution in [2.45, 2.75) is 0 Å². The Balaban J connectivity index is 1.96. The van der Waals surface area contributed by atoms with E-state index in [9.17, 15) is 10.1 Å². The molecule has 0 aromatic heterocycles. The van der Waals surface area contributed by atoms with Crippen molar-refractivity contribution < 1.29 is 4.92 Å². The minimum Gasteiger partial charge on any atom is -0.363 e. The highest BCUT2D eigenvalue weighted by molar-refractivity contribution is 5.74. The molecule has 1 aliphatic rings. The molecular formula is C17H19N3O2. The van der Waals surface area contributed by atoms with Gasteiger partial charge in [-0.1, -0.05) is 36.4 Å². The maximum atomic E-state index is 11.5. The van der Waals surface area contributed by atoms with E-state index in [2.05, 4.69) is 16.8 Å². The number of rotatable bonds is 3. The molecule has 1 heterocycles. The summed E-state index contributed by atoms with van der Waals surface area (Å²) in [5.74, 6) is 0. The summed E-state index contributed by atoms with van der Waals surface area (Å²) in [7, 11) is 2.07. The number of nitro benzene ring substituents is 1. The summed E-state index contributed by atoms with van der Waals surface area (Å²) < 4.78 is 0. The van der Waals surface area contributed by atoms with Crippen LogP contribution < -0.4 is 4.90 Å². The van der Waals surface area contributed by atoms with E-state index >= 15 is 0 Å². The first-order valence-corrected chi connectivity index (χ1v) is 7.42. The fourth-order valence-electron chi connectivity index (χ4n) is 2.79. The van der Waals surface area contributed by atoms with Crippen molar-refractivity contribution in [3.05, 3.63) is 58.6 Å². The summed E-state index contributed by atoms with van der Waals surface area (Å²) in [6, 6.07) is 15.3. The summed E-state index contributed by atoms with van der Waals surface area (Å²) in [5.41, 5.74) is 2.78. The van der Waals surface area contributed by atoms with Gasteiger partial charge in [-0.25, -0.2) is 0 Å². The van der Waals surface area contributed by atoms with Gasteiger partial charge in [-0.05, 0) is 24.2 Å². The number of anilines is 1. The first kappa shape index (κ1) is 14.5. The van der Waals surface area contributed by atoms with E-state index in [1.807, 2.05) is 42.5 Å². The monoisotopic (exact) mass is 297 g/mol. The van der Waals surface area contributed by atoms with Gasteiger partial charge in [0.25, 0.3) is 5.69 Å². The van der Waals surface area contributed by atoms with E-state index in [1.165, 1.54) is 0 Å². The normalized spacial score (nSPS) is 15.8. The van der Waals surface area contributed by atoms with E-state index in [0.29, 0.717) is 0 Å². The molecule has 0 atom stereocenters. The van der Waals surface area contributed by atoms with Crippen LogP contribution in [0.3, 0.4) is 0 Å². The average molecular weight is 297 g/mol. The van der Waals surface area contributed by atoms with Gasteiger partial charge >= 0.3 is 0 Å². The van der Waals surface area contributed by atoms with Crippen LogP contribution in [0.1, 0.15) is 0 Å². The molecule has 1 saturated heterocycles. The quantitative estimate of drug-likeness (QED) is 0.645. The van der Waals surface area contributed by atoms with E-state index in [4.69, 9.17) is 0 Å². The molecule has 0 bridgehead atoms. The predicted octanol–water partition coefficient (Wildman–Crippen LogP) is 3.01. The number of hydrogen-bond acceptors (Lipinski definition) is 4. The Hall–Kier alpha value is -2.40. The molecule has 22 heavy (non-hydrogen) atoms. The van der Waals surface area contributed by atoms with Gasteiger partial charge in [-0.15, -0.1) is 0 Å². The molecule has 5 nitrogen and oxygen atoms in total. The van der Waals surface area contributed by atoms with E-state index < -0.39 is 0 Å². The van der Waals surface area contributed by atoms with Crippen LogP contribution in [0.25, 0.3) is 11.1 Å². The molecular weight excluding hydrogens is 278 g/mol. The molecule has 0 unspecified atom stereocenters. The minimum atomic E-state index is -0.278. The van der Waals surface area contributed by atoms with Crippen LogP contribution in [0.15, 0.2) is 48.5 Å². The first-order chi connectivity index (χ1) is 10.6. The van der Waals surface area contributed by atoms with Gasteiger partial charge in [-0.2, -0.15) is 0 Å². The van der Waals surface area contributed by atoms with Crippen molar-refractivity contribution in [2.75, 3.05) is 38.1 Å². The molecule has 2 aromatic carbocycles. The second-order valence-corrected chi connectivity index (χ2v) is 5.62. The van der Waals surface area contributed by atoms with Crippen molar-refractivity contribution in [3.8, 4) is 11.1 Å². The molecule has 0 radical (unpaired) electrons. The fraction of sp³-hybridized carbons (Fsp3) is 0.294. The minimum absolute atomic E-state index is 0.186. The van der Waals surface area contributed by atoms with Crippen molar-refractivity contribution in [1.29, 1.82) is 0 Å². The van der Waals surface area contributed by atoms with E-state index in [1.54, 1.807) is 6.07 Å². The Labute approximate surface area is 129 Å². The van der Waals surface area contributed by atoms with Crippen LogP contribution in [-0.2, 0) is 0 Å². The van der Waals surface area contributed by atoms with Crippen molar-refractivity contribution in [2.24, 2.45) is 0 Å². The molecule has 3 rings (SSSR count). The Morgan fingerprint density at radius 2 is 1.64 bits per heavy atom. The second kappa shape index (κ2) is 6.15. The smallest absolute Gasteiger partial charge is 0.293 e. The van der Waals surface area contributed by atoms with Gasteiger partial charge in [-0.3, -0.25) is 10.1 Å². The Morgan fingerprint density at radius 1 is 0.955 bits per heavy atom.